The van der Waals surface area contributed by atoms with Crippen LogP contribution in [0.5, 0.6) is 0 Å². The van der Waals surface area contributed by atoms with E-state index in [1.54, 1.807) is 0 Å². The molecule has 1 aliphatic rings. The molecular formula is C27H28ClFN2O. The van der Waals surface area contributed by atoms with E-state index >= 15 is 0 Å². The fourth-order valence-corrected chi connectivity index (χ4v) is 4.71. The van der Waals surface area contributed by atoms with Gasteiger partial charge in [0, 0.05) is 24.7 Å². The minimum Gasteiger partial charge on any atom is -0.349 e. The number of nitrogens with one attached hydrogen (secondary N) is 1. The summed E-state index contributed by atoms with van der Waals surface area (Å²) in [6.45, 7) is 4.15. The highest BCUT2D eigenvalue weighted by atomic mass is 35.5. The van der Waals surface area contributed by atoms with E-state index in [9.17, 15) is 9.18 Å². The number of nitrogens with zero attached hydrogens (tertiary/aromatic N) is 1. The molecule has 3 nitrogen and oxygen atoms in total. The summed E-state index contributed by atoms with van der Waals surface area (Å²) in [5.74, 6) is -0.206. The number of benzene rings is 3. The van der Waals surface area contributed by atoms with Gasteiger partial charge in [-0.3, -0.25) is 9.69 Å². The van der Waals surface area contributed by atoms with Crippen LogP contribution in [0.25, 0.3) is 0 Å². The summed E-state index contributed by atoms with van der Waals surface area (Å²) in [5, 5.41) is 3.92. The van der Waals surface area contributed by atoms with Crippen molar-refractivity contribution in [3.05, 3.63) is 106 Å². The Morgan fingerprint density at radius 2 is 1.72 bits per heavy atom. The van der Waals surface area contributed by atoms with Crippen molar-refractivity contribution in [1.29, 1.82) is 0 Å². The number of carbonyl (C=O) groups is 1. The first-order chi connectivity index (χ1) is 15.5. The van der Waals surface area contributed by atoms with Crippen molar-refractivity contribution in [2.45, 2.75) is 31.8 Å². The first kappa shape index (κ1) is 22.5. The maximum Gasteiger partial charge on any atom is 0.224 e. The van der Waals surface area contributed by atoms with E-state index in [-0.39, 0.29) is 29.6 Å². The van der Waals surface area contributed by atoms with Crippen LogP contribution < -0.4 is 5.32 Å². The van der Waals surface area contributed by atoms with E-state index in [0.29, 0.717) is 13.1 Å². The Hall–Kier alpha value is -2.69. The molecule has 1 saturated heterocycles. The predicted octanol–water partition coefficient (Wildman–Crippen LogP) is 5.96. The van der Waals surface area contributed by atoms with E-state index in [2.05, 4.69) is 10.2 Å². The van der Waals surface area contributed by atoms with Crippen LogP contribution >= 0.6 is 11.6 Å². The van der Waals surface area contributed by atoms with Crippen LogP contribution in [0, 0.1) is 11.7 Å². The highest BCUT2D eigenvalue weighted by molar-refractivity contribution is 6.31. The summed E-state index contributed by atoms with van der Waals surface area (Å²) in [6.07, 6.45) is 0.734. The van der Waals surface area contributed by atoms with Gasteiger partial charge in [-0.15, -0.1) is 0 Å². The second kappa shape index (κ2) is 10.3. The highest BCUT2D eigenvalue weighted by Crippen LogP contribution is 2.32. The molecule has 0 bridgehead atoms. The van der Waals surface area contributed by atoms with Crippen LogP contribution in [0.1, 0.15) is 42.0 Å². The Kier molecular flexibility index (Phi) is 7.23. The summed E-state index contributed by atoms with van der Waals surface area (Å²) >= 11 is 6.40. The van der Waals surface area contributed by atoms with Crippen molar-refractivity contribution in [3.63, 3.8) is 0 Å². The standard InChI is InChI=1S/C27H28ClFN2O/c1-19(20-7-3-2-4-8-20)30-27(32)24-15-23(21-11-13-25(29)14-12-21)17-31(18-24)16-22-9-5-6-10-26(22)28/h2-14,19,23-24H,15-18H2,1H3,(H,30,32)/t19-,23-,24-/m1/s1. The maximum atomic E-state index is 13.5. The number of piperidine rings is 1. The SMILES string of the molecule is C[C@@H](NC(=O)[C@@H]1C[C@@H](c2ccc(F)cc2)CN(Cc2ccccc2Cl)C1)c1ccccc1. The maximum absolute atomic E-state index is 13.5. The van der Waals surface area contributed by atoms with Gasteiger partial charge < -0.3 is 5.32 Å². The third-order valence-electron chi connectivity index (χ3n) is 6.25. The molecule has 1 fully saturated rings. The Morgan fingerprint density at radius 1 is 1.03 bits per heavy atom. The molecule has 1 heterocycles. The number of hydrogen-bond donors (Lipinski definition) is 1. The fourth-order valence-electron chi connectivity index (χ4n) is 4.51. The van der Waals surface area contributed by atoms with Crippen LogP contribution in [0.2, 0.25) is 5.02 Å². The molecular weight excluding hydrogens is 423 g/mol. The fraction of sp³-hybridized carbons (Fsp3) is 0.296. The molecule has 3 aromatic rings. The molecule has 0 aromatic heterocycles. The number of rotatable bonds is 6. The largest absolute Gasteiger partial charge is 0.349 e. The molecule has 3 atom stereocenters. The Bertz CT molecular complexity index is 1040. The van der Waals surface area contributed by atoms with Crippen molar-refractivity contribution in [3.8, 4) is 0 Å². The van der Waals surface area contributed by atoms with Gasteiger partial charge in [-0.05, 0) is 54.2 Å². The van der Waals surface area contributed by atoms with Crippen LogP contribution in [0.3, 0.4) is 0 Å². The molecule has 166 valence electrons. The lowest BCUT2D eigenvalue weighted by molar-refractivity contribution is -0.127. The average Bonchev–Trinajstić information content (AvgIpc) is 2.81. The molecule has 0 aliphatic carbocycles. The molecule has 32 heavy (non-hydrogen) atoms. The van der Waals surface area contributed by atoms with Crippen LogP contribution in [-0.4, -0.2) is 23.9 Å². The second-order valence-electron chi connectivity index (χ2n) is 8.61. The molecule has 1 aliphatic heterocycles. The highest BCUT2D eigenvalue weighted by Gasteiger charge is 2.33. The third-order valence-corrected chi connectivity index (χ3v) is 6.62. The van der Waals surface area contributed by atoms with Crippen molar-refractivity contribution < 1.29 is 9.18 Å². The monoisotopic (exact) mass is 450 g/mol. The third kappa shape index (κ3) is 5.56. The zero-order valence-corrected chi connectivity index (χ0v) is 18.9. The molecule has 1 amide bonds. The molecule has 3 aromatic carbocycles. The topological polar surface area (TPSA) is 32.3 Å². The summed E-state index contributed by atoms with van der Waals surface area (Å²) in [7, 11) is 0. The molecule has 4 rings (SSSR count). The van der Waals surface area contributed by atoms with Gasteiger partial charge in [-0.2, -0.15) is 0 Å². The minimum atomic E-state index is -0.247. The summed E-state index contributed by atoms with van der Waals surface area (Å²) in [4.78, 5) is 15.5. The Labute approximate surface area is 194 Å². The zero-order chi connectivity index (χ0) is 22.5. The van der Waals surface area contributed by atoms with Crippen molar-refractivity contribution in [2.24, 2.45) is 5.92 Å². The van der Waals surface area contributed by atoms with Crippen LogP contribution in [-0.2, 0) is 11.3 Å². The lowest BCUT2D eigenvalue weighted by Gasteiger charge is -2.38. The average molecular weight is 451 g/mol. The predicted molar refractivity (Wildman–Crippen MR) is 127 cm³/mol. The van der Waals surface area contributed by atoms with E-state index in [0.717, 1.165) is 34.7 Å². The lowest BCUT2D eigenvalue weighted by atomic mass is 9.83. The summed E-state index contributed by atoms with van der Waals surface area (Å²) in [6, 6.07) is 24.4. The first-order valence-electron chi connectivity index (χ1n) is 11.1. The zero-order valence-electron chi connectivity index (χ0n) is 18.2. The van der Waals surface area contributed by atoms with E-state index in [1.165, 1.54) is 12.1 Å². The molecule has 0 saturated carbocycles. The van der Waals surface area contributed by atoms with Crippen LogP contribution in [0.15, 0.2) is 78.9 Å². The number of carbonyl (C=O) groups excluding carboxylic acids is 1. The first-order valence-corrected chi connectivity index (χ1v) is 11.4. The van der Waals surface area contributed by atoms with Crippen molar-refractivity contribution in [1.82, 2.24) is 10.2 Å². The van der Waals surface area contributed by atoms with Crippen molar-refractivity contribution in [2.75, 3.05) is 13.1 Å². The smallest absolute Gasteiger partial charge is 0.224 e. The van der Waals surface area contributed by atoms with Gasteiger partial charge in [0.25, 0.3) is 0 Å². The Balaban J connectivity index is 1.52. The minimum absolute atomic E-state index is 0.0531. The molecule has 0 spiro atoms. The Morgan fingerprint density at radius 3 is 2.44 bits per heavy atom. The molecule has 5 heteroatoms. The van der Waals surface area contributed by atoms with Crippen LogP contribution in [0.4, 0.5) is 4.39 Å². The van der Waals surface area contributed by atoms with E-state index in [1.807, 2.05) is 73.7 Å². The van der Waals surface area contributed by atoms with E-state index < -0.39 is 0 Å². The molecule has 1 N–H and O–H groups in total. The van der Waals surface area contributed by atoms with Gasteiger partial charge >= 0.3 is 0 Å². The van der Waals surface area contributed by atoms with Gasteiger partial charge in [0.2, 0.25) is 5.91 Å². The number of likely N-dealkylation sites (tertiary alicyclic amines) is 1. The molecule has 0 unspecified atom stereocenters. The van der Waals surface area contributed by atoms with Gasteiger partial charge in [-0.25, -0.2) is 4.39 Å². The number of hydrogen-bond acceptors (Lipinski definition) is 2. The quantitative estimate of drug-likeness (QED) is 0.502. The molecule has 0 radical (unpaired) electrons. The second-order valence-corrected chi connectivity index (χ2v) is 9.01. The van der Waals surface area contributed by atoms with Gasteiger partial charge in [0.15, 0.2) is 0 Å². The van der Waals surface area contributed by atoms with E-state index in [4.69, 9.17) is 11.6 Å². The summed E-state index contributed by atoms with van der Waals surface area (Å²) < 4.78 is 13.5. The lowest BCUT2D eigenvalue weighted by Crippen LogP contribution is -2.45. The normalized spacial score (nSPS) is 20.0. The van der Waals surface area contributed by atoms with Gasteiger partial charge in [-0.1, -0.05) is 72.3 Å². The number of amides is 1. The van der Waals surface area contributed by atoms with Crippen molar-refractivity contribution >= 4 is 17.5 Å². The van der Waals surface area contributed by atoms with Gasteiger partial charge in [0.05, 0.1) is 12.0 Å². The number of halogens is 2. The summed E-state index contributed by atoms with van der Waals surface area (Å²) in [5.41, 5.74) is 3.19. The van der Waals surface area contributed by atoms with Gasteiger partial charge in [0.1, 0.15) is 5.82 Å².